The summed E-state index contributed by atoms with van der Waals surface area (Å²) in [5.41, 5.74) is 0.656. The average Bonchev–Trinajstić information content (AvgIpc) is 3.03. The standard InChI is InChI=1S/C21H23N3O5S/c25-21(14-9-17-7-3-4-8-20(17)24(26)27)22-18-10-12-19(13-11-18)30(28,29)23-15-5-1-2-6-16-23/h3-4,7-14H,1-2,5-6,15-16H2,(H,22,25)/b14-9+. The molecule has 0 unspecified atom stereocenters. The van der Waals surface area contributed by atoms with Gasteiger partial charge in [0.25, 0.3) is 5.69 Å². The van der Waals surface area contributed by atoms with Crippen LogP contribution >= 0.6 is 0 Å². The number of nitrogens with one attached hydrogen (secondary N) is 1. The van der Waals surface area contributed by atoms with Crippen LogP contribution in [0.4, 0.5) is 11.4 Å². The highest BCUT2D eigenvalue weighted by Crippen LogP contribution is 2.22. The van der Waals surface area contributed by atoms with Crippen molar-refractivity contribution < 1.29 is 18.1 Å². The number of rotatable bonds is 6. The fraction of sp³-hybridized carbons (Fsp3) is 0.286. The number of hydrogen-bond acceptors (Lipinski definition) is 5. The van der Waals surface area contributed by atoms with Crippen LogP contribution in [0, 0.1) is 10.1 Å². The third kappa shape index (κ3) is 5.31. The second-order valence-corrected chi connectivity index (χ2v) is 8.92. The number of nitro groups is 1. The van der Waals surface area contributed by atoms with Crippen molar-refractivity contribution >= 4 is 33.4 Å². The predicted octanol–water partition coefficient (Wildman–Crippen LogP) is 3.81. The molecule has 1 fully saturated rings. The van der Waals surface area contributed by atoms with Crippen molar-refractivity contribution in [2.75, 3.05) is 18.4 Å². The zero-order chi connectivity index (χ0) is 21.6. The van der Waals surface area contributed by atoms with Crippen molar-refractivity contribution in [2.45, 2.75) is 30.6 Å². The van der Waals surface area contributed by atoms with E-state index < -0.39 is 20.9 Å². The van der Waals surface area contributed by atoms with Gasteiger partial charge in [0.05, 0.1) is 15.4 Å². The Morgan fingerprint density at radius 2 is 1.63 bits per heavy atom. The number of anilines is 1. The molecule has 0 saturated carbocycles. The van der Waals surface area contributed by atoms with Crippen molar-refractivity contribution in [1.82, 2.24) is 4.31 Å². The predicted molar refractivity (Wildman–Crippen MR) is 114 cm³/mol. The topological polar surface area (TPSA) is 110 Å². The molecule has 0 bridgehead atoms. The van der Waals surface area contributed by atoms with Crippen molar-refractivity contribution in [2.24, 2.45) is 0 Å². The first-order valence-electron chi connectivity index (χ1n) is 9.70. The highest BCUT2D eigenvalue weighted by atomic mass is 32.2. The van der Waals surface area contributed by atoms with E-state index in [0.717, 1.165) is 25.7 Å². The van der Waals surface area contributed by atoms with Gasteiger partial charge in [-0.2, -0.15) is 4.31 Å². The van der Waals surface area contributed by atoms with Crippen LogP contribution in [-0.2, 0) is 14.8 Å². The van der Waals surface area contributed by atoms with Crippen LogP contribution in [0.15, 0.2) is 59.5 Å². The van der Waals surface area contributed by atoms with Crippen molar-refractivity contribution in [3.8, 4) is 0 Å². The minimum atomic E-state index is -3.55. The quantitative estimate of drug-likeness (QED) is 0.427. The summed E-state index contributed by atoms with van der Waals surface area (Å²) in [5.74, 6) is -0.476. The van der Waals surface area contributed by atoms with Crippen molar-refractivity contribution in [1.29, 1.82) is 0 Å². The normalized spacial score (nSPS) is 15.6. The van der Waals surface area contributed by atoms with Gasteiger partial charge in [-0.25, -0.2) is 8.42 Å². The maximum absolute atomic E-state index is 12.8. The second-order valence-electron chi connectivity index (χ2n) is 6.98. The lowest BCUT2D eigenvalue weighted by molar-refractivity contribution is -0.385. The summed E-state index contributed by atoms with van der Waals surface area (Å²) in [4.78, 5) is 22.8. The zero-order valence-corrected chi connectivity index (χ0v) is 17.2. The maximum Gasteiger partial charge on any atom is 0.276 e. The SMILES string of the molecule is O=C(/C=C/c1ccccc1[N+](=O)[O-])Nc1ccc(S(=O)(=O)N2CCCCCC2)cc1. The third-order valence-corrected chi connectivity index (χ3v) is 6.79. The maximum atomic E-state index is 12.8. The van der Waals surface area contributed by atoms with Crippen molar-refractivity contribution in [3.63, 3.8) is 0 Å². The van der Waals surface area contributed by atoms with E-state index in [1.165, 1.54) is 46.8 Å². The molecule has 0 atom stereocenters. The van der Waals surface area contributed by atoms with Gasteiger partial charge in [0, 0.05) is 30.9 Å². The Bertz CT molecular complexity index is 1040. The molecule has 1 amide bonds. The molecule has 1 heterocycles. The molecule has 9 heteroatoms. The first kappa shape index (κ1) is 21.7. The lowest BCUT2D eigenvalue weighted by Crippen LogP contribution is -2.31. The molecule has 8 nitrogen and oxygen atoms in total. The fourth-order valence-electron chi connectivity index (χ4n) is 3.29. The highest BCUT2D eigenvalue weighted by Gasteiger charge is 2.24. The summed E-state index contributed by atoms with van der Waals surface area (Å²) in [6.07, 6.45) is 6.36. The molecule has 3 rings (SSSR count). The monoisotopic (exact) mass is 429 g/mol. The number of carbonyl (C=O) groups excluding carboxylic acids is 1. The second kappa shape index (κ2) is 9.64. The van der Waals surface area contributed by atoms with Crippen LogP contribution in [0.2, 0.25) is 0 Å². The number of sulfonamides is 1. The van der Waals surface area contributed by atoms with Gasteiger partial charge in [-0.3, -0.25) is 14.9 Å². The number of amides is 1. The van der Waals surface area contributed by atoms with Crippen LogP contribution in [0.25, 0.3) is 6.08 Å². The molecule has 2 aromatic carbocycles. The van der Waals surface area contributed by atoms with Gasteiger partial charge in [-0.05, 0) is 49.2 Å². The molecule has 1 saturated heterocycles. The van der Waals surface area contributed by atoms with Crippen LogP contribution < -0.4 is 5.32 Å². The van der Waals surface area contributed by atoms with Gasteiger partial charge < -0.3 is 5.32 Å². The molecule has 30 heavy (non-hydrogen) atoms. The van der Waals surface area contributed by atoms with Gasteiger partial charge in [0.15, 0.2) is 0 Å². The van der Waals surface area contributed by atoms with Gasteiger partial charge in [0.2, 0.25) is 15.9 Å². The molecular weight excluding hydrogens is 406 g/mol. The summed E-state index contributed by atoms with van der Waals surface area (Å²) < 4.78 is 27.1. The number of hydrogen-bond donors (Lipinski definition) is 1. The number of carbonyl (C=O) groups is 1. The van der Waals surface area contributed by atoms with Gasteiger partial charge in [0.1, 0.15) is 0 Å². The Morgan fingerprint density at radius 1 is 1.00 bits per heavy atom. The summed E-state index contributed by atoms with van der Waals surface area (Å²) in [7, 11) is -3.55. The Labute approximate surface area is 175 Å². The Morgan fingerprint density at radius 3 is 2.27 bits per heavy atom. The molecule has 0 aromatic heterocycles. The van der Waals surface area contributed by atoms with Crippen LogP contribution in [0.3, 0.4) is 0 Å². The van der Waals surface area contributed by atoms with E-state index in [1.54, 1.807) is 18.2 Å². The highest BCUT2D eigenvalue weighted by molar-refractivity contribution is 7.89. The van der Waals surface area contributed by atoms with E-state index >= 15 is 0 Å². The lowest BCUT2D eigenvalue weighted by Gasteiger charge is -2.20. The fourth-order valence-corrected chi connectivity index (χ4v) is 4.80. The molecule has 2 aromatic rings. The van der Waals surface area contributed by atoms with Crippen molar-refractivity contribution in [3.05, 3.63) is 70.3 Å². The van der Waals surface area contributed by atoms with Crippen LogP contribution in [0.5, 0.6) is 0 Å². The minimum Gasteiger partial charge on any atom is -0.323 e. The largest absolute Gasteiger partial charge is 0.323 e. The first-order valence-corrected chi connectivity index (χ1v) is 11.1. The average molecular weight is 429 g/mol. The molecule has 0 aliphatic carbocycles. The van der Waals surface area contributed by atoms with Crippen LogP contribution in [0.1, 0.15) is 31.2 Å². The molecule has 0 radical (unpaired) electrons. The Balaban J connectivity index is 1.67. The zero-order valence-electron chi connectivity index (χ0n) is 16.4. The Kier molecular flexibility index (Phi) is 6.96. The molecule has 1 N–H and O–H groups in total. The minimum absolute atomic E-state index is 0.0929. The Hall–Kier alpha value is -3.04. The summed E-state index contributed by atoms with van der Waals surface area (Å²) in [6, 6.07) is 12.1. The smallest absolute Gasteiger partial charge is 0.276 e. The molecule has 1 aliphatic heterocycles. The number of nitrogens with zero attached hydrogens (tertiary/aromatic N) is 2. The van der Waals surface area contributed by atoms with Gasteiger partial charge in [-0.15, -0.1) is 0 Å². The number of nitro benzene ring substituents is 1. The molecule has 158 valence electrons. The van der Waals surface area contributed by atoms with E-state index in [2.05, 4.69) is 5.32 Å². The molecule has 0 spiro atoms. The first-order chi connectivity index (χ1) is 14.4. The van der Waals surface area contributed by atoms with Gasteiger partial charge in [-0.1, -0.05) is 25.0 Å². The van der Waals surface area contributed by atoms with E-state index in [4.69, 9.17) is 0 Å². The van der Waals surface area contributed by atoms with E-state index in [1.807, 2.05) is 0 Å². The summed E-state index contributed by atoms with van der Waals surface area (Å²) in [6.45, 7) is 1.05. The van der Waals surface area contributed by atoms with Gasteiger partial charge >= 0.3 is 0 Å². The number of para-hydroxylation sites is 1. The molecular formula is C21H23N3O5S. The lowest BCUT2D eigenvalue weighted by atomic mass is 10.1. The third-order valence-electron chi connectivity index (χ3n) is 4.87. The summed E-state index contributed by atoms with van der Waals surface area (Å²) in [5, 5.41) is 13.6. The molecule has 1 aliphatic rings. The summed E-state index contributed by atoms with van der Waals surface area (Å²) >= 11 is 0. The number of benzene rings is 2. The van der Waals surface area contributed by atoms with Crippen LogP contribution in [-0.4, -0.2) is 36.6 Å². The van der Waals surface area contributed by atoms with E-state index in [-0.39, 0.29) is 10.6 Å². The van der Waals surface area contributed by atoms with E-state index in [0.29, 0.717) is 24.3 Å². The van der Waals surface area contributed by atoms with E-state index in [9.17, 15) is 23.3 Å².